The summed E-state index contributed by atoms with van der Waals surface area (Å²) in [5, 5.41) is 3.39. The Morgan fingerprint density at radius 2 is 2.09 bits per heavy atom. The molecule has 1 amide bonds. The van der Waals surface area contributed by atoms with Crippen molar-refractivity contribution in [2.24, 2.45) is 0 Å². The highest BCUT2D eigenvalue weighted by molar-refractivity contribution is 6.32. The normalized spacial score (nSPS) is 13.3. The quantitative estimate of drug-likeness (QED) is 0.942. The van der Waals surface area contributed by atoms with Gasteiger partial charge in [0, 0.05) is 12.1 Å². The predicted octanol–water partition coefficient (Wildman–Crippen LogP) is 3.21. The second-order valence-corrected chi connectivity index (χ2v) is 5.49. The van der Waals surface area contributed by atoms with Crippen molar-refractivity contribution >= 4 is 17.5 Å². The zero-order valence-electron chi connectivity index (χ0n) is 12.2. The van der Waals surface area contributed by atoms with Gasteiger partial charge in [-0.15, -0.1) is 0 Å². The Balaban J connectivity index is 1.71. The Morgan fingerprint density at radius 3 is 2.86 bits per heavy atom. The number of amides is 1. The van der Waals surface area contributed by atoms with Crippen molar-refractivity contribution in [3.05, 3.63) is 58.1 Å². The van der Waals surface area contributed by atoms with Crippen LogP contribution in [0.3, 0.4) is 0 Å². The SMILES string of the molecule is COc1ccc(COc2ccc3c(c2)CCNC3=O)cc1Cl. The van der Waals surface area contributed by atoms with Gasteiger partial charge in [0.15, 0.2) is 0 Å². The van der Waals surface area contributed by atoms with Crippen LogP contribution in [0.15, 0.2) is 36.4 Å². The molecule has 2 aromatic carbocycles. The zero-order chi connectivity index (χ0) is 15.5. The van der Waals surface area contributed by atoms with Crippen LogP contribution in [0.25, 0.3) is 0 Å². The third-order valence-corrected chi connectivity index (χ3v) is 3.92. The van der Waals surface area contributed by atoms with Crippen LogP contribution >= 0.6 is 11.6 Å². The first-order valence-corrected chi connectivity index (χ1v) is 7.41. The fraction of sp³-hybridized carbons (Fsp3) is 0.235. The summed E-state index contributed by atoms with van der Waals surface area (Å²) in [4.78, 5) is 11.7. The van der Waals surface area contributed by atoms with Crippen LogP contribution in [0.2, 0.25) is 5.02 Å². The van der Waals surface area contributed by atoms with Gasteiger partial charge in [-0.1, -0.05) is 17.7 Å². The van der Waals surface area contributed by atoms with Crippen molar-refractivity contribution in [2.75, 3.05) is 13.7 Å². The number of carbonyl (C=O) groups is 1. The molecule has 114 valence electrons. The molecule has 0 saturated carbocycles. The highest BCUT2D eigenvalue weighted by atomic mass is 35.5. The van der Waals surface area contributed by atoms with Crippen molar-refractivity contribution in [2.45, 2.75) is 13.0 Å². The molecule has 1 aliphatic heterocycles. The summed E-state index contributed by atoms with van der Waals surface area (Å²) >= 11 is 6.10. The van der Waals surface area contributed by atoms with Gasteiger partial charge >= 0.3 is 0 Å². The second kappa shape index (κ2) is 6.28. The topological polar surface area (TPSA) is 47.6 Å². The summed E-state index contributed by atoms with van der Waals surface area (Å²) in [6.45, 7) is 1.08. The van der Waals surface area contributed by atoms with E-state index in [0.29, 0.717) is 23.9 Å². The van der Waals surface area contributed by atoms with Gasteiger partial charge in [0.25, 0.3) is 5.91 Å². The Hall–Kier alpha value is -2.20. The standard InChI is InChI=1S/C17H16ClNO3/c1-21-16-5-2-11(8-15(16)18)10-22-13-3-4-14-12(9-13)6-7-19-17(14)20/h2-5,8-9H,6-7,10H2,1H3,(H,19,20). The highest BCUT2D eigenvalue weighted by Crippen LogP contribution is 2.26. The maximum Gasteiger partial charge on any atom is 0.251 e. The maximum atomic E-state index is 11.7. The summed E-state index contributed by atoms with van der Waals surface area (Å²) in [6, 6.07) is 11.1. The van der Waals surface area contributed by atoms with Crippen LogP contribution in [0.4, 0.5) is 0 Å². The lowest BCUT2D eigenvalue weighted by Crippen LogP contribution is -2.31. The van der Waals surface area contributed by atoms with Crippen molar-refractivity contribution in [3.8, 4) is 11.5 Å². The lowest BCUT2D eigenvalue weighted by Gasteiger charge is -2.17. The van der Waals surface area contributed by atoms with Crippen molar-refractivity contribution in [1.29, 1.82) is 0 Å². The molecule has 0 spiro atoms. The molecule has 4 nitrogen and oxygen atoms in total. The number of ether oxygens (including phenoxy) is 2. The first-order chi connectivity index (χ1) is 10.7. The van der Waals surface area contributed by atoms with Crippen molar-refractivity contribution in [3.63, 3.8) is 0 Å². The minimum absolute atomic E-state index is 0.0188. The monoisotopic (exact) mass is 317 g/mol. The van der Waals surface area contributed by atoms with E-state index in [2.05, 4.69) is 5.32 Å². The van der Waals surface area contributed by atoms with Crippen molar-refractivity contribution in [1.82, 2.24) is 5.32 Å². The molecule has 1 N–H and O–H groups in total. The Bertz CT molecular complexity index is 715. The molecule has 0 fully saturated rings. The second-order valence-electron chi connectivity index (χ2n) is 5.08. The van der Waals surface area contributed by atoms with Gasteiger partial charge in [0.05, 0.1) is 12.1 Å². The van der Waals surface area contributed by atoms with Crippen LogP contribution in [0.5, 0.6) is 11.5 Å². The van der Waals surface area contributed by atoms with Crippen molar-refractivity contribution < 1.29 is 14.3 Å². The average molecular weight is 318 g/mol. The molecule has 0 radical (unpaired) electrons. The fourth-order valence-corrected chi connectivity index (χ4v) is 2.74. The average Bonchev–Trinajstić information content (AvgIpc) is 2.53. The Morgan fingerprint density at radius 1 is 1.23 bits per heavy atom. The third-order valence-electron chi connectivity index (χ3n) is 3.62. The number of hydrogen-bond donors (Lipinski definition) is 1. The van der Waals surface area contributed by atoms with E-state index in [1.54, 1.807) is 13.2 Å². The van der Waals surface area contributed by atoms with Crippen LogP contribution in [-0.2, 0) is 13.0 Å². The summed E-state index contributed by atoms with van der Waals surface area (Å²) in [6.07, 6.45) is 0.826. The third kappa shape index (κ3) is 3.02. The van der Waals surface area contributed by atoms with E-state index in [4.69, 9.17) is 21.1 Å². The van der Waals surface area contributed by atoms with E-state index in [-0.39, 0.29) is 5.91 Å². The van der Waals surface area contributed by atoms with Gasteiger partial charge in [-0.05, 0) is 47.9 Å². The molecule has 2 aromatic rings. The van der Waals surface area contributed by atoms with E-state index in [0.717, 1.165) is 28.9 Å². The molecule has 0 saturated heterocycles. The summed E-state index contributed by atoms with van der Waals surface area (Å²) in [5.74, 6) is 1.38. The molecule has 3 rings (SSSR count). The number of nitrogens with one attached hydrogen (secondary N) is 1. The molecule has 1 aliphatic rings. The van der Waals surface area contributed by atoms with Gasteiger partial charge in [0.1, 0.15) is 18.1 Å². The maximum absolute atomic E-state index is 11.7. The van der Waals surface area contributed by atoms with Gasteiger partial charge in [-0.2, -0.15) is 0 Å². The molecule has 0 aliphatic carbocycles. The molecule has 0 unspecified atom stereocenters. The molecule has 0 bridgehead atoms. The minimum atomic E-state index is -0.0188. The Labute approximate surface area is 134 Å². The molecular formula is C17H16ClNO3. The van der Waals surface area contributed by atoms with E-state index < -0.39 is 0 Å². The lowest BCUT2D eigenvalue weighted by atomic mass is 10.0. The molecule has 1 heterocycles. The fourth-order valence-electron chi connectivity index (χ4n) is 2.46. The number of methoxy groups -OCH3 is 1. The number of fused-ring (bicyclic) bond motifs is 1. The van der Waals surface area contributed by atoms with Crippen LogP contribution in [0, 0.1) is 0 Å². The Kier molecular flexibility index (Phi) is 4.20. The van der Waals surface area contributed by atoms with Crippen LogP contribution in [0.1, 0.15) is 21.5 Å². The van der Waals surface area contributed by atoms with Crippen LogP contribution < -0.4 is 14.8 Å². The number of halogens is 1. The number of hydrogen-bond acceptors (Lipinski definition) is 3. The predicted molar refractivity (Wildman–Crippen MR) is 84.8 cm³/mol. The molecular weight excluding hydrogens is 302 g/mol. The van der Waals surface area contributed by atoms with Gasteiger partial charge in [-0.25, -0.2) is 0 Å². The smallest absolute Gasteiger partial charge is 0.251 e. The summed E-state index contributed by atoms with van der Waals surface area (Å²) < 4.78 is 10.9. The lowest BCUT2D eigenvalue weighted by molar-refractivity contribution is 0.0946. The molecule has 0 aromatic heterocycles. The first kappa shape index (κ1) is 14.7. The zero-order valence-corrected chi connectivity index (χ0v) is 12.9. The number of benzene rings is 2. The number of rotatable bonds is 4. The van der Waals surface area contributed by atoms with E-state index in [1.807, 2.05) is 30.3 Å². The summed E-state index contributed by atoms with van der Waals surface area (Å²) in [7, 11) is 1.58. The van der Waals surface area contributed by atoms with Gasteiger partial charge < -0.3 is 14.8 Å². The van der Waals surface area contributed by atoms with E-state index in [9.17, 15) is 4.79 Å². The largest absolute Gasteiger partial charge is 0.495 e. The summed E-state index contributed by atoms with van der Waals surface area (Å²) in [5.41, 5.74) is 2.71. The van der Waals surface area contributed by atoms with Crippen LogP contribution in [-0.4, -0.2) is 19.6 Å². The van der Waals surface area contributed by atoms with Gasteiger partial charge in [0.2, 0.25) is 0 Å². The van der Waals surface area contributed by atoms with Gasteiger partial charge in [-0.3, -0.25) is 4.79 Å². The molecule has 0 atom stereocenters. The number of carbonyl (C=O) groups excluding carboxylic acids is 1. The highest BCUT2D eigenvalue weighted by Gasteiger charge is 2.16. The molecule has 5 heteroatoms. The minimum Gasteiger partial charge on any atom is -0.495 e. The van der Waals surface area contributed by atoms with E-state index in [1.165, 1.54) is 0 Å². The van der Waals surface area contributed by atoms with E-state index >= 15 is 0 Å². The first-order valence-electron chi connectivity index (χ1n) is 7.04. The molecule has 22 heavy (non-hydrogen) atoms.